The molecule has 1 aromatic carbocycles. The normalized spacial score (nSPS) is 15.4. The number of H-pyrrole nitrogens is 1. The van der Waals surface area contributed by atoms with Crippen LogP contribution >= 0.6 is 23.2 Å². The monoisotopic (exact) mass is 716 g/mol. The van der Waals surface area contributed by atoms with Gasteiger partial charge < -0.3 is 25.3 Å². The Labute approximate surface area is 262 Å². The summed E-state index contributed by atoms with van der Waals surface area (Å²) in [6, 6.07) is -0.146. The van der Waals surface area contributed by atoms with E-state index in [0.717, 1.165) is 6.92 Å². The summed E-state index contributed by atoms with van der Waals surface area (Å²) in [5, 5.41) is 18.1. The molecule has 0 bridgehead atoms. The standard InChI is InChI=1S/C20H21Cl2F3N6O.2C2HF3O2/c1-9(30-19-16-18(27-7-26-16)28-8-29-19)12-4-13(21)15(22)14(17(12)32-3)11-5-31(6-11)10(2)20(23,24)25;2*3-2(4,5)1(6)7/h4,7-11H,5-6H2,1-3H3,(H2,26,27,28,29,30);2*(H,6,7). The predicted molar refractivity (Wildman–Crippen MR) is 144 cm³/mol. The van der Waals surface area contributed by atoms with Gasteiger partial charge in [0.2, 0.25) is 0 Å². The second-order valence-electron chi connectivity index (χ2n) is 9.37. The van der Waals surface area contributed by atoms with Crippen LogP contribution in [0.1, 0.15) is 36.9 Å². The molecule has 4 N–H and O–H groups in total. The number of hydrogen-bond donors (Lipinski definition) is 4. The zero-order valence-corrected chi connectivity index (χ0v) is 25.0. The average Bonchev–Trinajstić information content (AvgIpc) is 3.39. The number of imidazole rings is 1. The first-order valence-corrected chi connectivity index (χ1v) is 13.1. The molecule has 0 amide bonds. The van der Waals surface area contributed by atoms with Crippen LogP contribution in [0.2, 0.25) is 10.0 Å². The maximum Gasteiger partial charge on any atom is 0.490 e. The molecule has 2 unspecified atom stereocenters. The van der Waals surface area contributed by atoms with Crippen LogP contribution in [0.25, 0.3) is 11.2 Å². The number of carbonyl (C=O) groups is 2. The molecule has 1 aliphatic heterocycles. The number of carboxylic acid groups (broad SMARTS) is 2. The van der Waals surface area contributed by atoms with Gasteiger partial charge in [-0.2, -0.15) is 39.5 Å². The summed E-state index contributed by atoms with van der Waals surface area (Å²) in [7, 11) is 1.51. The van der Waals surface area contributed by atoms with Gasteiger partial charge in [-0.15, -0.1) is 0 Å². The Bertz CT molecular complexity index is 1510. The first-order chi connectivity index (χ1) is 21.0. The van der Waals surface area contributed by atoms with Crippen LogP contribution in [0, 0.1) is 0 Å². The van der Waals surface area contributed by atoms with Crippen molar-refractivity contribution in [3.05, 3.63) is 39.9 Å². The molecule has 0 radical (unpaired) electrons. The van der Waals surface area contributed by atoms with Crippen molar-refractivity contribution in [2.45, 2.75) is 50.4 Å². The molecule has 0 aliphatic carbocycles. The number of fused-ring (bicyclic) bond motifs is 1. The number of aromatic nitrogens is 4. The molecule has 11 nitrogen and oxygen atoms in total. The summed E-state index contributed by atoms with van der Waals surface area (Å²) in [6.45, 7) is 3.47. The third-order valence-electron chi connectivity index (χ3n) is 6.31. The number of aliphatic carboxylic acids is 2. The Kier molecular flexibility index (Phi) is 12.3. The van der Waals surface area contributed by atoms with Crippen LogP contribution in [0.5, 0.6) is 5.75 Å². The molecular weight excluding hydrogens is 694 g/mol. The lowest BCUT2D eigenvalue weighted by Gasteiger charge is -2.44. The minimum Gasteiger partial charge on any atom is -0.496 e. The average molecular weight is 717 g/mol. The second kappa shape index (κ2) is 14.8. The lowest BCUT2D eigenvalue weighted by atomic mass is 9.87. The molecule has 0 spiro atoms. The van der Waals surface area contributed by atoms with E-state index in [-0.39, 0.29) is 25.0 Å². The smallest absolute Gasteiger partial charge is 0.490 e. The van der Waals surface area contributed by atoms with E-state index in [1.165, 1.54) is 24.7 Å². The second-order valence-corrected chi connectivity index (χ2v) is 10.2. The molecule has 0 saturated carbocycles. The zero-order chi connectivity index (χ0) is 35.4. The largest absolute Gasteiger partial charge is 0.496 e. The van der Waals surface area contributed by atoms with Crippen LogP contribution in [-0.4, -0.2) is 91.8 Å². The Morgan fingerprint density at radius 1 is 1.00 bits per heavy atom. The Morgan fingerprint density at radius 2 is 1.52 bits per heavy atom. The maximum atomic E-state index is 13.1. The summed E-state index contributed by atoms with van der Waals surface area (Å²) in [4.78, 5) is 34.6. The molecule has 3 aromatic rings. The number of benzene rings is 1. The number of rotatable bonds is 6. The molecule has 256 valence electrons. The maximum absolute atomic E-state index is 13.1. The molecule has 1 aliphatic rings. The third kappa shape index (κ3) is 9.61. The van der Waals surface area contributed by atoms with Gasteiger partial charge in [-0.25, -0.2) is 24.5 Å². The topological polar surface area (TPSA) is 154 Å². The third-order valence-corrected chi connectivity index (χ3v) is 7.11. The summed E-state index contributed by atoms with van der Waals surface area (Å²) < 4.78 is 108. The van der Waals surface area contributed by atoms with Gasteiger partial charge in [0.05, 0.1) is 29.5 Å². The molecule has 46 heavy (non-hydrogen) atoms. The Balaban J connectivity index is 0.000000440. The highest BCUT2D eigenvalue weighted by molar-refractivity contribution is 6.42. The Morgan fingerprint density at radius 3 is 1.98 bits per heavy atom. The van der Waals surface area contributed by atoms with E-state index in [4.69, 9.17) is 47.7 Å². The number of methoxy groups -OCH3 is 1. The van der Waals surface area contributed by atoms with E-state index >= 15 is 0 Å². The molecule has 22 heteroatoms. The van der Waals surface area contributed by atoms with Gasteiger partial charge in [0, 0.05) is 30.1 Å². The van der Waals surface area contributed by atoms with Gasteiger partial charge in [-0.05, 0) is 19.9 Å². The molecule has 1 saturated heterocycles. The van der Waals surface area contributed by atoms with Crippen molar-refractivity contribution in [3.8, 4) is 5.75 Å². The van der Waals surface area contributed by atoms with Crippen molar-refractivity contribution in [2.24, 2.45) is 0 Å². The number of likely N-dealkylation sites (tertiary alicyclic amines) is 1. The van der Waals surface area contributed by atoms with E-state index in [1.807, 2.05) is 6.92 Å². The van der Waals surface area contributed by atoms with Crippen LogP contribution in [-0.2, 0) is 9.59 Å². The van der Waals surface area contributed by atoms with Crippen molar-refractivity contribution >= 4 is 52.1 Å². The van der Waals surface area contributed by atoms with Gasteiger partial charge >= 0.3 is 30.5 Å². The quantitative estimate of drug-likeness (QED) is 0.209. The van der Waals surface area contributed by atoms with Gasteiger partial charge in [0.15, 0.2) is 11.5 Å². The van der Waals surface area contributed by atoms with Gasteiger partial charge in [-0.3, -0.25) is 4.90 Å². The molecule has 4 rings (SSSR count). The number of nitrogens with zero attached hydrogens (tertiary/aromatic N) is 4. The van der Waals surface area contributed by atoms with E-state index < -0.39 is 36.5 Å². The lowest BCUT2D eigenvalue weighted by molar-refractivity contribution is -0.193. The van der Waals surface area contributed by atoms with Crippen molar-refractivity contribution in [3.63, 3.8) is 0 Å². The minimum atomic E-state index is -5.08. The highest BCUT2D eigenvalue weighted by atomic mass is 35.5. The molecular formula is C24H23Cl2F9N6O5. The van der Waals surface area contributed by atoms with Crippen molar-refractivity contribution in [2.75, 3.05) is 25.5 Å². The number of anilines is 1. The number of hydrogen-bond acceptors (Lipinski definition) is 8. The van der Waals surface area contributed by atoms with Crippen LogP contribution < -0.4 is 10.1 Å². The van der Waals surface area contributed by atoms with Crippen LogP contribution in [0.3, 0.4) is 0 Å². The van der Waals surface area contributed by atoms with E-state index in [1.54, 1.807) is 6.07 Å². The number of carboxylic acids is 2. The first kappa shape index (κ1) is 38.4. The Hall–Kier alpha value is -3.78. The first-order valence-electron chi connectivity index (χ1n) is 12.4. The summed E-state index contributed by atoms with van der Waals surface area (Å²) in [5.41, 5.74) is 2.50. The number of halogens is 11. The fourth-order valence-corrected chi connectivity index (χ4v) is 4.45. The molecule has 1 fully saturated rings. The molecule has 3 heterocycles. The van der Waals surface area contributed by atoms with Gasteiger partial charge in [-0.1, -0.05) is 23.2 Å². The van der Waals surface area contributed by atoms with Crippen LogP contribution in [0.15, 0.2) is 18.7 Å². The summed E-state index contributed by atoms with van der Waals surface area (Å²) in [5.74, 6) is -4.70. The fraction of sp³-hybridized carbons (Fsp3) is 0.458. The van der Waals surface area contributed by atoms with E-state index in [0.29, 0.717) is 43.9 Å². The highest BCUT2D eigenvalue weighted by Gasteiger charge is 2.46. The van der Waals surface area contributed by atoms with E-state index in [9.17, 15) is 39.5 Å². The van der Waals surface area contributed by atoms with Gasteiger partial charge in [0.1, 0.15) is 23.6 Å². The SMILES string of the molecule is COc1c(C(C)Nc2ncnc3nc[nH]c23)cc(Cl)c(Cl)c1C1CN(C(C)C(F)(F)F)C1.O=C(O)C(F)(F)F.O=C(O)C(F)(F)F. The fourth-order valence-electron chi connectivity index (χ4n) is 3.94. The zero-order valence-electron chi connectivity index (χ0n) is 23.4. The minimum absolute atomic E-state index is 0.207. The summed E-state index contributed by atoms with van der Waals surface area (Å²) in [6.07, 6.45) is -11.5. The molecule has 2 atom stereocenters. The molecule has 2 aromatic heterocycles. The highest BCUT2D eigenvalue weighted by Crippen LogP contribution is 2.47. The summed E-state index contributed by atoms with van der Waals surface area (Å²) >= 11 is 12.9. The van der Waals surface area contributed by atoms with Crippen LogP contribution in [0.4, 0.5) is 45.3 Å². The number of aromatic amines is 1. The number of nitrogens with one attached hydrogen (secondary N) is 2. The number of ether oxygens (including phenoxy) is 1. The predicted octanol–water partition coefficient (Wildman–Crippen LogP) is 6.46. The van der Waals surface area contributed by atoms with E-state index in [2.05, 4.69) is 25.3 Å². The van der Waals surface area contributed by atoms with Crippen molar-refractivity contribution in [1.29, 1.82) is 0 Å². The van der Waals surface area contributed by atoms with Crippen molar-refractivity contribution < 1.29 is 64.1 Å². The van der Waals surface area contributed by atoms with Gasteiger partial charge in [0.25, 0.3) is 0 Å². The van der Waals surface area contributed by atoms with Crippen molar-refractivity contribution in [1.82, 2.24) is 24.8 Å². The lowest BCUT2D eigenvalue weighted by Crippen LogP contribution is -2.54. The number of alkyl halides is 9.